The summed E-state index contributed by atoms with van der Waals surface area (Å²) in [6.07, 6.45) is 2.21. The quantitative estimate of drug-likeness (QED) is 0.889. The second-order valence-electron chi connectivity index (χ2n) is 4.12. The topological polar surface area (TPSA) is 51.0 Å². The molecule has 88 valence electrons. The molecule has 1 saturated heterocycles. The van der Waals surface area contributed by atoms with E-state index in [0.29, 0.717) is 16.7 Å². The molecule has 3 rings (SSSR count). The van der Waals surface area contributed by atoms with Crippen molar-refractivity contribution in [2.45, 2.75) is 18.9 Å². The lowest BCUT2D eigenvalue weighted by molar-refractivity contribution is 0.345. The van der Waals surface area contributed by atoms with Crippen LogP contribution < -0.4 is 5.32 Å². The van der Waals surface area contributed by atoms with Gasteiger partial charge in [0.2, 0.25) is 11.7 Å². The van der Waals surface area contributed by atoms with Crippen molar-refractivity contribution >= 4 is 11.6 Å². The fourth-order valence-corrected chi connectivity index (χ4v) is 2.21. The molecule has 0 saturated carbocycles. The van der Waals surface area contributed by atoms with Crippen molar-refractivity contribution in [2.75, 3.05) is 6.54 Å². The number of halogens is 1. The van der Waals surface area contributed by atoms with Crippen LogP contribution in [0.15, 0.2) is 28.8 Å². The van der Waals surface area contributed by atoms with E-state index in [1.54, 1.807) is 0 Å². The third-order valence-corrected chi connectivity index (χ3v) is 3.12. The maximum atomic E-state index is 5.93. The Balaban J connectivity index is 1.89. The summed E-state index contributed by atoms with van der Waals surface area (Å²) in [6, 6.07) is 7.66. The summed E-state index contributed by atoms with van der Waals surface area (Å²) in [5, 5.41) is 7.99. The smallest absolute Gasteiger partial charge is 0.244 e. The summed E-state index contributed by atoms with van der Waals surface area (Å²) >= 11 is 5.93. The summed E-state index contributed by atoms with van der Waals surface area (Å²) in [5.74, 6) is 1.26. The van der Waals surface area contributed by atoms with E-state index in [9.17, 15) is 0 Å². The van der Waals surface area contributed by atoms with Crippen LogP contribution in [0.2, 0.25) is 5.02 Å². The highest BCUT2D eigenvalue weighted by Crippen LogP contribution is 2.25. The number of hydrogen-bond acceptors (Lipinski definition) is 4. The van der Waals surface area contributed by atoms with Gasteiger partial charge in [0.05, 0.1) is 6.04 Å². The Labute approximate surface area is 104 Å². The summed E-state index contributed by atoms with van der Waals surface area (Å²) in [7, 11) is 0. The molecule has 5 heteroatoms. The first kappa shape index (κ1) is 10.7. The molecule has 1 fully saturated rings. The van der Waals surface area contributed by atoms with Crippen molar-refractivity contribution in [3.63, 3.8) is 0 Å². The highest BCUT2D eigenvalue weighted by Gasteiger charge is 2.22. The third-order valence-electron chi connectivity index (χ3n) is 2.88. The number of hydrogen-bond donors (Lipinski definition) is 1. The summed E-state index contributed by atoms with van der Waals surface area (Å²) in [4.78, 5) is 4.40. The number of nitrogens with one attached hydrogen (secondary N) is 1. The predicted molar refractivity (Wildman–Crippen MR) is 64.7 cm³/mol. The van der Waals surface area contributed by atoms with Crippen LogP contribution in [0.1, 0.15) is 24.8 Å². The monoisotopic (exact) mass is 249 g/mol. The molecule has 2 heterocycles. The van der Waals surface area contributed by atoms with Crippen LogP contribution in [0, 0.1) is 0 Å². The van der Waals surface area contributed by atoms with Crippen molar-refractivity contribution in [3.8, 4) is 11.4 Å². The second-order valence-corrected chi connectivity index (χ2v) is 4.55. The maximum Gasteiger partial charge on any atom is 0.244 e. The molecule has 1 aromatic heterocycles. The molecule has 1 aliphatic heterocycles. The van der Waals surface area contributed by atoms with E-state index in [-0.39, 0.29) is 6.04 Å². The molecule has 4 nitrogen and oxygen atoms in total. The van der Waals surface area contributed by atoms with Crippen molar-refractivity contribution in [3.05, 3.63) is 35.2 Å². The van der Waals surface area contributed by atoms with Gasteiger partial charge in [-0.3, -0.25) is 0 Å². The van der Waals surface area contributed by atoms with Gasteiger partial charge in [-0.05, 0) is 31.5 Å². The van der Waals surface area contributed by atoms with Crippen molar-refractivity contribution in [1.82, 2.24) is 15.5 Å². The molecule has 0 amide bonds. The average molecular weight is 250 g/mol. The molecule has 0 radical (unpaired) electrons. The van der Waals surface area contributed by atoms with Crippen molar-refractivity contribution in [2.24, 2.45) is 0 Å². The molecular weight excluding hydrogens is 238 g/mol. The Morgan fingerprint density at radius 1 is 1.41 bits per heavy atom. The first-order chi connectivity index (χ1) is 8.33. The molecule has 1 aromatic carbocycles. The van der Waals surface area contributed by atoms with Gasteiger partial charge < -0.3 is 9.84 Å². The zero-order valence-electron chi connectivity index (χ0n) is 9.19. The van der Waals surface area contributed by atoms with E-state index in [1.165, 1.54) is 0 Å². The van der Waals surface area contributed by atoms with Gasteiger partial charge in [0, 0.05) is 10.6 Å². The zero-order valence-corrected chi connectivity index (χ0v) is 9.94. The Kier molecular flexibility index (Phi) is 2.82. The van der Waals surface area contributed by atoms with Crippen molar-refractivity contribution < 1.29 is 4.52 Å². The van der Waals surface area contributed by atoms with Crippen LogP contribution in [-0.4, -0.2) is 16.7 Å². The number of aromatic nitrogens is 2. The molecule has 17 heavy (non-hydrogen) atoms. The standard InChI is InChI=1S/C12H12ClN3O/c13-9-4-1-3-8(7-9)11-15-12(17-16-11)10-5-2-6-14-10/h1,3-4,7,10,14H,2,5-6H2. The Hall–Kier alpha value is -1.39. The Morgan fingerprint density at radius 2 is 2.35 bits per heavy atom. The molecule has 0 aliphatic carbocycles. The minimum absolute atomic E-state index is 0.204. The van der Waals surface area contributed by atoms with E-state index in [4.69, 9.17) is 16.1 Å². The van der Waals surface area contributed by atoms with Gasteiger partial charge >= 0.3 is 0 Å². The van der Waals surface area contributed by atoms with Gasteiger partial charge in [-0.1, -0.05) is 28.9 Å². The fraction of sp³-hybridized carbons (Fsp3) is 0.333. The van der Waals surface area contributed by atoms with Crippen LogP contribution in [0.25, 0.3) is 11.4 Å². The second kappa shape index (κ2) is 4.47. The highest BCUT2D eigenvalue weighted by atomic mass is 35.5. The van der Waals surface area contributed by atoms with Crippen LogP contribution >= 0.6 is 11.6 Å². The SMILES string of the molecule is Clc1cccc(-c2noc(C3CCCN3)n2)c1. The lowest BCUT2D eigenvalue weighted by Gasteiger charge is -2.01. The van der Waals surface area contributed by atoms with E-state index in [2.05, 4.69) is 15.5 Å². The molecule has 0 spiro atoms. The Bertz CT molecular complexity index is 520. The van der Waals surface area contributed by atoms with Crippen LogP contribution in [0.3, 0.4) is 0 Å². The third kappa shape index (κ3) is 2.18. The van der Waals surface area contributed by atoms with Gasteiger partial charge in [0.25, 0.3) is 0 Å². The highest BCUT2D eigenvalue weighted by molar-refractivity contribution is 6.30. The van der Waals surface area contributed by atoms with E-state index in [1.807, 2.05) is 24.3 Å². The molecule has 2 aromatic rings. The number of rotatable bonds is 2. The molecule has 0 bridgehead atoms. The first-order valence-electron chi connectivity index (χ1n) is 5.66. The van der Waals surface area contributed by atoms with Gasteiger partial charge in [0.15, 0.2) is 0 Å². The molecular formula is C12H12ClN3O. The van der Waals surface area contributed by atoms with Gasteiger partial charge in [0.1, 0.15) is 0 Å². The number of nitrogens with zero attached hydrogens (tertiary/aromatic N) is 2. The van der Waals surface area contributed by atoms with Crippen LogP contribution in [0.5, 0.6) is 0 Å². The van der Waals surface area contributed by atoms with Crippen molar-refractivity contribution in [1.29, 1.82) is 0 Å². The first-order valence-corrected chi connectivity index (χ1v) is 6.03. The van der Waals surface area contributed by atoms with E-state index >= 15 is 0 Å². The van der Waals surface area contributed by atoms with Gasteiger partial charge in [-0.25, -0.2) is 0 Å². The molecule has 1 N–H and O–H groups in total. The normalized spacial score (nSPS) is 19.7. The number of benzene rings is 1. The van der Waals surface area contributed by atoms with Crippen LogP contribution in [0.4, 0.5) is 0 Å². The van der Waals surface area contributed by atoms with Gasteiger partial charge in [-0.15, -0.1) is 0 Å². The minimum atomic E-state index is 0.204. The summed E-state index contributed by atoms with van der Waals surface area (Å²) in [6.45, 7) is 1.01. The molecule has 1 atom stereocenters. The lowest BCUT2D eigenvalue weighted by Crippen LogP contribution is -2.12. The summed E-state index contributed by atoms with van der Waals surface area (Å²) < 4.78 is 5.28. The Morgan fingerprint density at radius 3 is 3.12 bits per heavy atom. The summed E-state index contributed by atoms with van der Waals surface area (Å²) in [5.41, 5.74) is 0.880. The minimum Gasteiger partial charge on any atom is -0.337 e. The fourth-order valence-electron chi connectivity index (χ4n) is 2.02. The van der Waals surface area contributed by atoms with Gasteiger partial charge in [-0.2, -0.15) is 4.98 Å². The van der Waals surface area contributed by atoms with E-state index < -0.39 is 0 Å². The maximum absolute atomic E-state index is 5.93. The molecule has 1 unspecified atom stereocenters. The predicted octanol–water partition coefficient (Wildman–Crippen LogP) is 2.81. The lowest BCUT2D eigenvalue weighted by atomic mass is 10.2. The average Bonchev–Trinajstić information content (AvgIpc) is 3.00. The van der Waals surface area contributed by atoms with E-state index in [0.717, 1.165) is 24.9 Å². The largest absolute Gasteiger partial charge is 0.337 e. The zero-order chi connectivity index (χ0) is 11.7. The van der Waals surface area contributed by atoms with Crippen LogP contribution in [-0.2, 0) is 0 Å². The molecule has 1 aliphatic rings.